The van der Waals surface area contributed by atoms with Gasteiger partial charge in [-0.05, 0) is 53.4 Å². The van der Waals surface area contributed by atoms with Crippen molar-refractivity contribution in [2.75, 3.05) is 26.3 Å². The van der Waals surface area contributed by atoms with Crippen LogP contribution >= 0.6 is 8.53 Å². The van der Waals surface area contributed by atoms with Crippen LogP contribution < -0.4 is 10.6 Å². The molecule has 0 radical (unpaired) electrons. The molecule has 8 nitrogen and oxygen atoms in total. The number of nitriles is 1. The fraction of sp³-hybridized carbons (Fsp3) is 0.909. The van der Waals surface area contributed by atoms with E-state index < -0.39 is 20.6 Å². The van der Waals surface area contributed by atoms with Crippen LogP contribution in [-0.2, 0) is 18.6 Å². The predicted molar refractivity (Wildman–Crippen MR) is 176 cm³/mol. The SMILES string of the molecule is CC(C)N(C(C)C)P(OCCC#N)OCCCCCCNC(=O)CCCCCCCCCCCCCCCNC(=O)C(F)(F)F. The lowest BCUT2D eigenvalue weighted by Gasteiger charge is -2.35. The molecule has 0 aliphatic rings. The summed E-state index contributed by atoms with van der Waals surface area (Å²) in [6.45, 7) is 10.3. The first kappa shape index (κ1) is 43.5. The third-order valence-corrected chi connectivity index (χ3v) is 9.49. The fourth-order valence-corrected chi connectivity index (χ4v) is 6.64. The molecule has 0 saturated heterocycles. The molecule has 1 atom stereocenters. The standard InChI is InChI=1S/C33H62F3N4O4P/c1-29(2)40(30(3)4)45(44-28-22-24-37)43-27-21-17-16-19-25-38-31(41)23-18-14-12-10-8-6-5-7-9-11-13-15-20-26-39-32(42)33(34,35)36/h29-30H,5-23,25-28H2,1-4H3,(H,38,41)(H,39,42). The van der Waals surface area contributed by atoms with Gasteiger partial charge >= 0.3 is 12.1 Å². The van der Waals surface area contributed by atoms with Crippen LogP contribution in [-0.4, -0.2) is 61.0 Å². The van der Waals surface area contributed by atoms with Gasteiger partial charge in [-0.1, -0.05) is 83.5 Å². The first-order valence-electron chi connectivity index (χ1n) is 17.3. The Balaban J connectivity index is 3.57. The highest BCUT2D eigenvalue weighted by Crippen LogP contribution is 2.46. The number of alkyl halides is 3. The molecule has 2 amide bonds. The number of hydrogen-bond acceptors (Lipinski definition) is 6. The van der Waals surface area contributed by atoms with E-state index in [1.54, 1.807) is 0 Å². The van der Waals surface area contributed by atoms with Crippen LogP contribution in [0.5, 0.6) is 0 Å². The van der Waals surface area contributed by atoms with Gasteiger partial charge in [-0.3, -0.25) is 9.59 Å². The molecule has 0 spiro atoms. The monoisotopic (exact) mass is 666 g/mol. The van der Waals surface area contributed by atoms with E-state index in [-0.39, 0.29) is 12.5 Å². The molecule has 0 aliphatic heterocycles. The maximum atomic E-state index is 12.1. The second-order valence-electron chi connectivity index (χ2n) is 12.2. The Morgan fingerprint density at radius 1 is 0.689 bits per heavy atom. The molecule has 0 bridgehead atoms. The van der Waals surface area contributed by atoms with Crippen LogP contribution in [0, 0.1) is 11.3 Å². The van der Waals surface area contributed by atoms with E-state index >= 15 is 0 Å². The van der Waals surface area contributed by atoms with Crippen molar-refractivity contribution < 1.29 is 31.8 Å². The Bertz CT molecular complexity index is 774. The number of amides is 2. The minimum absolute atomic E-state index is 0.0854. The highest BCUT2D eigenvalue weighted by atomic mass is 31.2. The van der Waals surface area contributed by atoms with Crippen molar-refractivity contribution in [2.45, 2.75) is 168 Å². The first-order chi connectivity index (χ1) is 21.5. The van der Waals surface area contributed by atoms with Gasteiger partial charge in [0.2, 0.25) is 5.91 Å². The third-order valence-electron chi connectivity index (χ3n) is 7.38. The molecule has 1 unspecified atom stereocenters. The zero-order valence-electron chi connectivity index (χ0n) is 28.5. The number of halogens is 3. The van der Waals surface area contributed by atoms with E-state index in [4.69, 9.17) is 14.3 Å². The Morgan fingerprint density at radius 3 is 1.58 bits per heavy atom. The normalized spacial score (nSPS) is 12.6. The zero-order chi connectivity index (χ0) is 33.8. The summed E-state index contributed by atoms with van der Waals surface area (Å²) >= 11 is 0. The summed E-state index contributed by atoms with van der Waals surface area (Å²) in [7, 11) is -1.18. The van der Waals surface area contributed by atoms with Gasteiger partial charge in [0, 0.05) is 31.6 Å². The molecule has 0 aromatic carbocycles. The lowest BCUT2D eigenvalue weighted by molar-refractivity contribution is -0.173. The number of rotatable bonds is 30. The number of carbonyl (C=O) groups is 2. The number of hydrogen-bond donors (Lipinski definition) is 2. The largest absolute Gasteiger partial charge is 0.471 e. The average Bonchev–Trinajstić information content (AvgIpc) is 2.97. The molecule has 0 aromatic rings. The predicted octanol–water partition coefficient (Wildman–Crippen LogP) is 9.10. The average molecular weight is 667 g/mol. The van der Waals surface area contributed by atoms with Crippen molar-refractivity contribution in [2.24, 2.45) is 0 Å². The summed E-state index contributed by atoms with van der Waals surface area (Å²) in [5.74, 6) is -1.71. The summed E-state index contributed by atoms with van der Waals surface area (Å²) < 4.78 is 50.5. The molecule has 12 heteroatoms. The molecular weight excluding hydrogens is 604 g/mol. The van der Waals surface area contributed by atoms with E-state index in [0.29, 0.717) is 44.6 Å². The van der Waals surface area contributed by atoms with Crippen LogP contribution in [0.25, 0.3) is 0 Å². The van der Waals surface area contributed by atoms with Crippen LogP contribution in [0.4, 0.5) is 13.2 Å². The number of carbonyl (C=O) groups excluding carboxylic acids is 2. The van der Waals surface area contributed by atoms with Gasteiger partial charge in [-0.2, -0.15) is 18.4 Å². The zero-order valence-corrected chi connectivity index (χ0v) is 29.4. The van der Waals surface area contributed by atoms with Crippen molar-refractivity contribution in [1.82, 2.24) is 15.3 Å². The smallest absolute Gasteiger partial charge is 0.356 e. The Labute approximate surface area is 272 Å². The maximum absolute atomic E-state index is 12.1. The Hall–Kier alpha value is -1.47. The van der Waals surface area contributed by atoms with Crippen molar-refractivity contribution in [3.8, 4) is 6.07 Å². The van der Waals surface area contributed by atoms with Gasteiger partial charge in [0.05, 0.1) is 25.7 Å². The highest BCUT2D eigenvalue weighted by molar-refractivity contribution is 7.44. The van der Waals surface area contributed by atoms with Gasteiger partial charge in [0.25, 0.3) is 8.53 Å². The van der Waals surface area contributed by atoms with Crippen LogP contribution in [0.2, 0.25) is 0 Å². The van der Waals surface area contributed by atoms with Crippen molar-refractivity contribution in [3.05, 3.63) is 0 Å². The first-order valence-corrected chi connectivity index (χ1v) is 18.5. The maximum Gasteiger partial charge on any atom is 0.471 e. The summed E-state index contributed by atoms with van der Waals surface area (Å²) in [6.07, 6.45) is 14.1. The molecule has 45 heavy (non-hydrogen) atoms. The third kappa shape index (κ3) is 26.3. The lowest BCUT2D eigenvalue weighted by atomic mass is 10.0. The topological polar surface area (TPSA) is 104 Å². The number of unbranched alkanes of at least 4 members (excludes halogenated alkanes) is 15. The molecule has 264 valence electrons. The van der Waals surface area contributed by atoms with E-state index in [1.165, 1.54) is 32.1 Å². The summed E-state index contributed by atoms with van der Waals surface area (Å²) in [5.41, 5.74) is 0. The van der Waals surface area contributed by atoms with Gasteiger partial charge < -0.3 is 19.7 Å². The number of nitrogens with one attached hydrogen (secondary N) is 2. The van der Waals surface area contributed by atoms with Crippen molar-refractivity contribution in [1.29, 1.82) is 5.26 Å². The second kappa shape index (κ2) is 28.7. The second-order valence-corrected chi connectivity index (χ2v) is 13.7. The highest BCUT2D eigenvalue weighted by Gasteiger charge is 2.38. The summed E-state index contributed by atoms with van der Waals surface area (Å²) in [6, 6.07) is 2.72. The molecule has 0 fully saturated rings. The van der Waals surface area contributed by atoms with Gasteiger partial charge in [-0.15, -0.1) is 0 Å². The van der Waals surface area contributed by atoms with E-state index in [9.17, 15) is 22.8 Å². The molecular formula is C33H62F3N4O4P. The fourth-order valence-electron chi connectivity index (χ4n) is 5.01. The van der Waals surface area contributed by atoms with Crippen LogP contribution in [0.1, 0.15) is 150 Å². The molecule has 0 rings (SSSR count). The van der Waals surface area contributed by atoms with E-state index in [2.05, 4.69) is 43.8 Å². The van der Waals surface area contributed by atoms with E-state index in [1.807, 2.05) is 5.32 Å². The molecule has 0 heterocycles. The summed E-state index contributed by atoms with van der Waals surface area (Å²) in [5, 5.41) is 13.8. The number of nitrogens with zero attached hydrogens (tertiary/aromatic N) is 2. The quantitative estimate of drug-likeness (QED) is 0.0586. The Kier molecular flexibility index (Phi) is 27.8. The summed E-state index contributed by atoms with van der Waals surface area (Å²) in [4.78, 5) is 22.8. The van der Waals surface area contributed by atoms with E-state index in [0.717, 1.165) is 77.2 Å². The minimum atomic E-state index is -4.79. The molecule has 0 aromatic heterocycles. The van der Waals surface area contributed by atoms with Crippen molar-refractivity contribution in [3.63, 3.8) is 0 Å². The minimum Gasteiger partial charge on any atom is -0.356 e. The molecule has 2 N–H and O–H groups in total. The van der Waals surface area contributed by atoms with Gasteiger partial charge in [0.15, 0.2) is 0 Å². The Morgan fingerprint density at radius 2 is 1.11 bits per heavy atom. The van der Waals surface area contributed by atoms with Gasteiger partial charge in [0.1, 0.15) is 0 Å². The van der Waals surface area contributed by atoms with Gasteiger partial charge in [-0.25, -0.2) is 4.67 Å². The molecule has 0 aliphatic carbocycles. The van der Waals surface area contributed by atoms with Crippen molar-refractivity contribution >= 4 is 20.3 Å². The molecule has 0 saturated carbocycles. The van der Waals surface area contributed by atoms with Crippen LogP contribution in [0.15, 0.2) is 0 Å². The van der Waals surface area contributed by atoms with Crippen LogP contribution in [0.3, 0.4) is 0 Å². The lowest BCUT2D eigenvalue weighted by Crippen LogP contribution is -2.37.